The van der Waals surface area contributed by atoms with Gasteiger partial charge < -0.3 is 5.32 Å². The fraction of sp³-hybridized carbons (Fsp3) is 0. The molecule has 6 heteroatoms. The number of benzene rings is 1. The number of nitrogens with zero attached hydrogens (tertiary/aromatic N) is 1. The van der Waals surface area contributed by atoms with Gasteiger partial charge in [0.2, 0.25) is 0 Å². The fourth-order valence-electron chi connectivity index (χ4n) is 1.41. The Balaban J connectivity index is 2.00. The van der Waals surface area contributed by atoms with Crippen LogP contribution in [0.3, 0.4) is 0 Å². The van der Waals surface area contributed by atoms with Crippen LogP contribution in [0.15, 0.2) is 48.7 Å². The maximum absolute atomic E-state index is 11.8. The summed E-state index contributed by atoms with van der Waals surface area (Å²) in [5.74, 6) is -0.605. The van der Waals surface area contributed by atoms with E-state index in [-0.39, 0.29) is 10.7 Å². The number of imide groups is 1. The molecule has 5 nitrogen and oxygen atoms in total. The predicted molar refractivity (Wildman–Crippen MR) is 72.2 cm³/mol. The number of carbonyl (C=O) groups excluding carboxylic acids is 2. The number of nitrogens with one attached hydrogen (secondary N) is 2. The number of halogens is 1. The highest BCUT2D eigenvalue weighted by molar-refractivity contribution is 6.33. The summed E-state index contributed by atoms with van der Waals surface area (Å²) >= 11 is 5.76. The number of amides is 3. The molecule has 1 aromatic carbocycles. The Kier molecular flexibility index (Phi) is 4.10. The van der Waals surface area contributed by atoms with E-state index in [9.17, 15) is 9.59 Å². The van der Waals surface area contributed by atoms with Crippen molar-refractivity contribution in [1.29, 1.82) is 0 Å². The largest absolute Gasteiger partial charge is 0.326 e. The predicted octanol–water partition coefficient (Wildman–Crippen LogP) is 2.70. The maximum atomic E-state index is 11.8. The molecule has 96 valence electrons. The minimum Gasteiger partial charge on any atom is -0.308 e. The van der Waals surface area contributed by atoms with Gasteiger partial charge in [0, 0.05) is 11.9 Å². The summed E-state index contributed by atoms with van der Waals surface area (Å²) in [5, 5.41) is 4.75. The van der Waals surface area contributed by atoms with Gasteiger partial charge in [-0.1, -0.05) is 29.8 Å². The molecular weight excluding hydrogens is 266 g/mol. The van der Waals surface area contributed by atoms with E-state index in [1.54, 1.807) is 30.3 Å². The molecule has 2 N–H and O–H groups in total. The van der Waals surface area contributed by atoms with Crippen LogP contribution in [-0.2, 0) is 0 Å². The third-order valence-corrected chi connectivity index (χ3v) is 2.56. The van der Waals surface area contributed by atoms with Crippen molar-refractivity contribution in [2.75, 3.05) is 5.32 Å². The van der Waals surface area contributed by atoms with Crippen LogP contribution in [-0.4, -0.2) is 16.9 Å². The summed E-state index contributed by atoms with van der Waals surface area (Å²) in [6.07, 6.45) is 1.46. The van der Waals surface area contributed by atoms with Crippen LogP contribution in [0.1, 0.15) is 10.4 Å². The molecule has 0 radical (unpaired) electrons. The van der Waals surface area contributed by atoms with E-state index < -0.39 is 11.9 Å². The van der Waals surface area contributed by atoms with Crippen molar-refractivity contribution < 1.29 is 9.59 Å². The first-order chi connectivity index (χ1) is 9.16. The molecule has 0 aliphatic heterocycles. The number of hydrogen-bond acceptors (Lipinski definition) is 3. The molecule has 19 heavy (non-hydrogen) atoms. The van der Waals surface area contributed by atoms with E-state index in [2.05, 4.69) is 15.6 Å². The Morgan fingerprint density at radius 2 is 1.79 bits per heavy atom. The third-order valence-electron chi connectivity index (χ3n) is 2.26. The number of anilines is 1. The molecular formula is C13H10ClN3O2. The van der Waals surface area contributed by atoms with Crippen LogP contribution < -0.4 is 10.6 Å². The molecule has 2 rings (SSSR count). The van der Waals surface area contributed by atoms with Crippen LogP contribution in [0.25, 0.3) is 0 Å². The number of rotatable bonds is 2. The van der Waals surface area contributed by atoms with Crippen LogP contribution in [0, 0.1) is 0 Å². The van der Waals surface area contributed by atoms with Gasteiger partial charge in [0.25, 0.3) is 5.91 Å². The van der Waals surface area contributed by atoms with E-state index in [1.807, 2.05) is 6.07 Å². The Hall–Kier alpha value is -2.40. The zero-order valence-corrected chi connectivity index (χ0v) is 10.5. The van der Waals surface area contributed by atoms with Gasteiger partial charge in [-0.25, -0.2) is 9.78 Å². The number of para-hydroxylation sites is 1. The van der Waals surface area contributed by atoms with Gasteiger partial charge in [-0.15, -0.1) is 0 Å². The van der Waals surface area contributed by atoms with Gasteiger partial charge in [-0.3, -0.25) is 10.1 Å². The van der Waals surface area contributed by atoms with Gasteiger partial charge in [-0.05, 0) is 24.3 Å². The molecule has 0 atom stereocenters. The number of aromatic nitrogens is 1. The Morgan fingerprint density at radius 1 is 1.05 bits per heavy atom. The lowest BCUT2D eigenvalue weighted by atomic mass is 10.3. The Bertz CT molecular complexity index is 602. The normalized spacial score (nSPS) is 9.74. The molecule has 0 fully saturated rings. The van der Waals surface area contributed by atoms with Crippen molar-refractivity contribution in [3.63, 3.8) is 0 Å². The fourth-order valence-corrected chi connectivity index (χ4v) is 1.61. The zero-order valence-electron chi connectivity index (χ0n) is 9.76. The lowest BCUT2D eigenvalue weighted by molar-refractivity contribution is 0.0967. The molecule has 0 aliphatic carbocycles. The number of urea groups is 1. The van der Waals surface area contributed by atoms with Crippen LogP contribution >= 0.6 is 11.6 Å². The van der Waals surface area contributed by atoms with Gasteiger partial charge in [0.1, 0.15) is 5.15 Å². The molecule has 0 spiro atoms. The summed E-state index contributed by atoms with van der Waals surface area (Å²) in [5.41, 5.74) is 0.734. The number of pyridine rings is 1. The highest BCUT2D eigenvalue weighted by atomic mass is 35.5. The lowest BCUT2D eigenvalue weighted by Gasteiger charge is -2.07. The lowest BCUT2D eigenvalue weighted by Crippen LogP contribution is -2.34. The second-order valence-corrected chi connectivity index (χ2v) is 3.97. The van der Waals surface area contributed by atoms with Crippen LogP contribution in [0.2, 0.25) is 5.15 Å². The summed E-state index contributed by atoms with van der Waals surface area (Å²) < 4.78 is 0. The van der Waals surface area contributed by atoms with Gasteiger partial charge in [0.05, 0.1) is 5.56 Å². The number of hydrogen-bond donors (Lipinski definition) is 2. The summed E-state index contributed by atoms with van der Waals surface area (Å²) in [7, 11) is 0. The highest BCUT2D eigenvalue weighted by Gasteiger charge is 2.13. The summed E-state index contributed by atoms with van der Waals surface area (Å²) in [6, 6.07) is 11.2. The third kappa shape index (κ3) is 3.53. The van der Waals surface area contributed by atoms with Crippen molar-refractivity contribution in [2.24, 2.45) is 0 Å². The summed E-state index contributed by atoms with van der Waals surface area (Å²) in [4.78, 5) is 27.1. The first-order valence-electron chi connectivity index (χ1n) is 5.45. The Morgan fingerprint density at radius 3 is 2.47 bits per heavy atom. The van der Waals surface area contributed by atoms with Crippen molar-refractivity contribution in [3.05, 3.63) is 59.4 Å². The molecule has 1 aromatic heterocycles. The molecule has 0 unspecified atom stereocenters. The van der Waals surface area contributed by atoms with Crippen molar-refractivity contribution in [2.45, 2.75) is 0 Å². The van der Waals surface area contributed by atoms with E-state index in [4.69, 9.17) is 11.6 Å². The van der Waals surface area contributed by atoms with E-state index in [0.717, 1.165) is 0 Å². The topological polar surface area (TPSA) is 71.1 Å². The molecule has 1 heterocycles. The average Bonchev–Trinajstić information content (AvgIpc) is 2.40. The zero-order chi connectivity index (χ0) is 13.7. The van der Waals surface area contributed by atoms with Gasteiger partial charge in [-0.2, -0.15) is 0 Å². The van der Waals surface area contributed by atoms with Crippen molar-refractivity contribution in [1.82, 2.24) is 10.3 Å². The second kappa shape index (κ2) is 5.97. The van der Waals surface area contributed by atoms with Gasteiger partial charge in [0.15, 0.2) is 0 Å². The maximum Gasteiger partial charge on any atom is 0.326 e. The van der Waals surface area contributed by atoms with Crippen molar-refractivity contribution in [3.8, 4) is 0 Å². The monoisotopic (exact) mass is 275 g/mol. The van der Waals surface area contributed by atoms with E-state index >= 15 is 0 Å². The molecule has 0 bridgehead atoms. The molecule has 3 amide bonds. The van der Waals surface area contributed by atoms with E-state index in [0.29, 0.717) is 5.69 Å². The summed E-state index contributed by atoms with van der Waals surface area (Å²) in [6.45, 7) is 0. The first-order valence-corrected chi connectivity index (χ1v) is 5.82. The standard InChI is InChI=1S/C13H10ClN3O2/c14-11-10(7-4-8-15-11)12(18)17-13(19)16-9-5-2-1-3-6-9/h1-8H,(H2,16,17,18,19). The minimum atomic E-state index is -0.629. The van der Waals surface area contributed by atoms with Crippen LogP contribution in [0.4, 0.5) is 10.5 Å². The molecule has 2 aromatic rings. The average molecular weight is 276 g/mol. The first kappa shape index (κ1) is 13.0. The Labute approximate surface area is 114 Å². The molecule has 0 saturated heterocycles. The highest BCUT2D eigenvalue weighted by Crippen LogP contribution is 2.11. The SMILES string of the molecule is O=C(NC(=O)c1cccnc1Cl)Nc1ccccc1. The van der Waals surface area contributed by atoms with Crippen molar-refractivity contribution >= 4 is 29.2 Å². The van der Waals surface area contributed by atoms with E-state index in [1.165, 1.54) is 12.3 Å². The second-order valence-electron chi connectivity index (χ2n) is 3.62. The van der Waals surface area contributed by atoms with Crippen LogP contribution in [0.5, 0.6) is 0 Å². The number of carbonyl (C=O) groups is 2. The van der Waals surface area contributed by atoms with Gasteiger partial charge >= 0.3 is 6.03 Å². The minimum absolute atomic E-state index is 0.0486. The smallest absolute Gasteiger partial charge is 0.308 e. The quantitative estimate of drug-likeness (QED) is 0.828. The molecule has 0 aliphatic rings. The molecule has 0 saturated carbocycles.